The van der Waals surface area contributed by atoms with Gasteiger partial charge in [-0.05, 0) is 24.2 Å². The average molecular weight is 398 g/mol. The molecule has 10 atom stereocenters. The molecule has 8 heteroatoms. The van der Waals surface area contributed by atoms with E-state index in [9.17, 15) is 24.9 Å². The molecule has 6 unspecified atom stereocenters. The number of ether oxygens (including phenoxy) is 3. The summed E-state index contributed by atoms with van der Waals surface area (Å²) in [6.07, 6.45) is -4.28. The number of aliphatic hydroxyl groups excluding tert-OH is 2. The van der Waals surface area contributed by atoms with Crippen molar-refractivity contribution in [3.05, 3.63) is 0 Å². The Hall–Kier alpha value is -1.06. The summed E-state index contributed by atoms with van der Waals surface area (Å²) in [7, 11) is 0. The molecule has 28 heavy (non-hydrogen) atoms. The fourth-order valence-electron chi connectivity index (χ4n) is 7.18. The lowest BCUT2D eigenvalue weighted by atomic mass is 9.53. The number of fused-ring (bicyclic) bond motifs is 2. The third-order valence-corrected chi connectivity index (χ3v) is 8.23. The van der Waals surface area contributed by atoms with Crippen LogP contribution < -0.4 is 0 Å². The molecule has 2 heterocycles. The van der Waals surface area contributed by atoms with Gasteiger partial charge in [0, 0.05) is 5.92 Å². The Morgan fingerprint density at radius 1 is 1.29 bits per heavy atom. The maximum absolute atomic E-state index is 11.9. The minimum Gasteiger partial charge on any atom is -0.464 e. The van der Waals surface area contributed by atoms with Crippen LogP contribution in [0.15, 0.2) is 0 Å². The van der Waals surface area contributed by atoms with E-state index in [1.54, 1.807) is 0 Å². The van der Waals surface area contributed by atoms with Crippen LogP contribution in [0, 0.1) is 28.1 Å². The van der Waals surface area contributed by atoms with Crippen LogP contribution in [0.3, 0.4) is 0 Å². The zero-order chi connectivity index (χ0) is 20.7. The monoisotopic (exact) mass is 398 g/mol. The number of aldehydes is 1. The van der Waals surface area contributed by atoms with E-state index in [2.05, 4.69) is 0 Å². The number of hydrogen-bond acceptors (Lipinski definition) is 8. The predicted molar refractivity (Wildman–Crippen MR) is 94.8 cm³/mol. The highest BCUT2D eigenvalue weighted by Crippen LogP contribution is 2.76. The first-order chi connectivity index (χ1) is 13.0. The number of carbonyl (C=O) groups excluding carboxylic acids is 2. The van der Waals surface area contributed by atoms with Gasteiger partial charge in [-0.15, -0.1) is 0 Å². The first-order valence-electron chi connectivity index (χ1n) is 9.92. The van der Waals surface area contributed by atoms with Crippen molar-refractivity contribution < 1.29 is 39.1 Å². The molecule has 8 nitrogen and oxygen atoms in total. The third kappa shape index (κ3) is 1.98. The molecule has 3 N–H and O–H groups in total. The Morgan fingerprint density at radius 3 is 2.54 bits per heavy atom. The SMILES string of the molecule is C[C@@H]1COC2CC34C(OC=O)C[C@@H](C(C)(C)C)C3([C@@H](O)C=O)C(O)OC4[C@]21O. The van der Waals surface area contributed by atoms with Crippen LogP contribution in [0.1, 0.15) is 40.5 Å². The van der Waals surface area contributed by atoms with Crippen molar-refractivity contribution in [3.63, 3.8) is 0 Å². The van der Waals surface area contributed by atoms with Gasteiger partial charge in [0.2, 0.25) is 0 Å². The second-order valence-electron chi connectivity index (χ2n) is 10.1. The minimum absolute atomic E-state index is 0.228. The molecule has 0 aromatic rings. The number of aliphatic hydroxyl groups is 3. The molecule has 0 amide bonds. The maximum Gasteiger partial charge on any atom is 0.293 e. The number of hydrogen-bond donors (Lipinski definition) is 3. The highest BCUT2D eigenvalue weighted by atomic mass is 16.6. The van der Waals surface area contributed by atoms with Crippen molar-refractivity contribution in [2.24, 2.45) is 28.1 Å². The molecule has 158 valence electrons. The summed E-state index contributed by atoms with van der Waals surface area (Å²) >= 11 is 0. The Labute approximate surface area is 164 Å². The van der Waals surface area contributed by atoms with Gasteiger partial charge in [-0.3, -0.25) is 4.79 Å². The molecule has 4 aliphatic rings. The molecular weight excluding hydrogens is 368 g/mol. The lowest BCUT2D eigenvalue weighted by Crippen LogP contribution is -2.60. The van der Waals surface area contributed by atoms with Gasteiger partial charge in [0.1, 0.15) is 30.2 Å². The molecule has 2 aliphatic heterocycles. The molecule has 0 radical (unpaired) electrons. The molecule has 0 aromatic heterocycles. The van der Waals surface area contributed by atoms with Crippen molar-refractivity contribution in [1.29, 1.82) is 0 Å². The average Bonchev–Trinajstić information content (AvgIpc) is 3.24. The van der Waals surface area contributed by atoms with E-state index in [1.165, 1.54) is 0 Å². The molecule has 1 spiro atoms. The van der Waals surface area contributed by atoms with Crippen LogP contribution in [-0.2, 0) is 23.8 Å². The summed E-state index contributed by atoms with van der Waals surface area (Å²) in [5, 5.41) is 33.7. The minimum atomic E-state index is -1.55. The molecule has 4 rings (SSSR count). The van der Waals surface area contributed by atoms with Gasteiger partial charge in [0.15, 0.2) is 6.29 Å². The first kappa shape index (κ1) is 20.2. The Bertz CT molecular complexity index is 676. The zero-order valence-electron chi connectivity index (χ0n) is 16.7. The van der Waals surface area contributed by atoms with Crippen LogP contribution in [-0.4, -0.2) is 71.0 Å². The van der Waals surface area contributed by atoms with Gasteiger partial charge in [-0.25, -0.2) is 0 Å². The standard InChI is InChI=1S/C20H30O8/c1-10-8-26-14-6-18-13(27-9-22)5-11(17(2,3)4)19(18,12(23)7-21)16(24)28-15(18)20(10,14)25/h7,9-16,23-25H,5-6,8H2,1-4H3/t10-,11+,12+,13?,14?,15?,16?,18?,19?,20-/m1/s1. The molecule has 0 aromatic carbocycles. The fourth-order valence-corrected chi connectivity index (χ4v) is 7.18. The van der Waals surface area contributed by atoms with Crippen molar-refractivity contribution in [1.82, 2.24) is 0 Å². The van der Waals surface area contributed by atoms with Gasteiger partial charge in [0.05, 0.1) is 23.5 Å². The lowest BCUT2D eigenvalue weighted by Gasteiger charge is -2.49. The fraction of sp³-hybridized carbons (Fsp3) is 0.900. The van der Waals surface area contributed by atoms with E-state index in [0.717, 1.165) is 0 Å². The van der Waals surface area contributed by atoms with E-state index in [4.69, 9.17) is 14.2 Å². The summed E-state index contributed by atoms with van der Waals surface area (Å²) in [6.45, 7) is 8.41. The van der Waals surface area contributed by atoms with E-state index in [0.29, 0.717) is 25.8 Å². The van der Waals surface area contributed by atoms with Crippen LogP contribution in [0.25, 0.3) is 0 Å². The number of rotatable bonds is 4. The number of carbonyl (C=O) groups is 2. The molecule has 2 saturated heterocycles. The summed E-state index contributed by atoms with van der Waals surface area (Å²) in [5.41, 5.74) is -4.40. The van der Waals surface area contributed by atoms with E-state index < -0.39 is 58.5 Å². The summed E-state index contributed by atoms with van der Waals surface area (Å²) < 4.78 is 17.3. The third-order valence-electron chi connectivity index (χ3n) is 8.23. The van der Waals surface area contributed by atoms with Crippen molar-refractivity contribution in [3.8, 4) is 0 Å². The summed E-state index contributed by atoms with van der Waals surface area (Å²) in [5.74, 6) is -0.674. The lowest BCUT2D eigenvalue weighted by molar-refractivity contribution is -0.218. The van der Waals surface area contributed by atoms with Crippen molar-refractivity contribution in [2.75, 3.05) is 6.61 Å². The normalized spacial score (nSPS) is 53.4. The molecular formula is C20H30O8. The van der Waals surface area contributed by atoms with Gasteiger partial charge in [-0.2, -0.15) is 0 Å². The molecule has 0 bridgehead atoms. The van der Waals surface area contributed by atoms with Crippen LogP contribution in [0.5, 0.6) is 0 Å². The van der Waals surface area contributed by atoms with Gasteiger partial charge < -0.3 is 34.3 Å². The van der Waals surface area contributed by atoms with Crippen molar-refractivity contribution >= 4 is 12.8 Å². The molecule has 2 saturated carbocycles. The topological polar surface area (TPSA) is 123 Å². The van der Waals surface area contributed by atoms with E-state index in [1.807, 2.05) is 27.7 Å². The molecule has 2 aliphatic carbocycles. The van der Waals surface area contributed by atoms with Gasteiger partial charge in [0.25, 0.3) is 6.47 Å². The predicted octanol–water partition coefficient (Wildman–Crippen LogP) is 0.0135. The Balaban J connectivity index is 1.98. The second-order valence-corrected chi connectivity index (χ2v) is 10.1. The van der Waals surface area contributed by atoms with Crippen LogP contribution in [0.4, 0.5) is 0 Å². The maximum atomic E-state index is 11.9. The smallest absolute Gasteiger partial charge is 0.293 e. The van der Waals surface area contributed by atoms with Gasteiger partial charge >= 0.3 is 0 Å². The first-order valence-corrected chi connectivity index (χ1v) is 9.92. The summed E-state index contributed by atoms with van der Waals surface area (Å²) in [4.78, 5) is 23.2. The Kier molecular flexibility index (Phi) is 4.32. The van der Waals surface area contributed by atoms with Crippen LogP contribution in [0.2, 0.25) is 0 Å². The summed E-state index contributed by atoms with van der Waals surface area (Å²) in [6, 6.07) is 0. The van der Waals surface area contributed by atoms with E-state index in [-0.39, 0.29) is 12.3 Å². The molecule has 4 fully saturated rings. The quantitative estimate of drug-likeness (QED) is 0.566. The van der Waals surface area contributed by atoms with E-state index >= 15 is 0 Å². The van der Waals surface area contributed by atoms with Crippen molar-refractivity contribution in [2.45, 2.75) is 76.8 Å². The highest BCUT2D eigenvalue weighted by molar-refractivity contribution is 5.60. The zero-order valence-corrected chi connectivity index (χ0v) is 16.7. The largest absolute Gasteiger partial charge is 0.464 e. The Morgan fingerprint density at radius 2 is 1.96 bits per heavy atom. The second kappa shape index (κ2) is 5.98. The highest BCUT2D eigenvalue weighted by Gasteiger charge is 2.87. The van der Waals surface area contributed by atoms with Crippen LogP contribution >= 0.6 is 0 Å². The van der Waals surface area contributed by atoms with Gasteiger partial charge in [-0.1, -0.05) is 27.7 Å².